The Morgan fingerprint density at radius 2 is 0.896 bits per heavy atom. The summed E-state index contributed by atoms with van der Waals surface area (Å²) in [5, 5.41) is 4.75. The first-order valence-corrected chi connectivity index (χ1v) is 23.1. The Morgan fingerprint density at radius 3 is 1.67 bits per heavy atom. The second-order valence-corrected chi connectivity index (χ2v) is 17.6. The Bertz CT molecular complexity index is 3750. The lowest BCUT2D eigenvalue weighted by Crippen LogP contribution is -2.28. The molecule has 2 heteroatoms. The molecule has 2 nitrogen and oxygen atoms in total. The maximum atomic E-state index is 6.39. The van der Waals surface area contributed by atoms with Gasteiger partial charge in [-0.15, -0.1) is 0 Å². The minimum absolute atomic E-state index is 0.529. The van der Waals surface area contributed by atoms with E-state index in [-0.39, 0.29) is 0 Å². The highest BCUT2D eigenvalue weighted by molar-refractivity contribution is 6.12. The second kappa shape index (κ2) is 15.8. The third kappa shape index (κ3) is 6.26. The molecule has 12 aromatic rings. The van der Waals surface area contributed by atoms with Crippen LogP contribution < -0.4 is 4.90 Å². The fourth-order valence-electron chi connectivity index (χ4n) is 10.9. The number of anilines is 3. The fourth-order valence-corrected chi connectivity index (χ4v) is 10.9. The Kier molecular flexibility index (Phi) is 9.11. The van der Waals surface area contributed by atoms with E-state index in [2.05, 4.69) is 260 Å². The van der Waals surface area contributed by atoms with Crippen LogP contribution in [0.15, 0.2) is 265 Å². The standard InChI is InChI=1S/C65H43NO/c1-3-19-51(20-4-1)65(52-21-5-2-6-22-52)58-27-11-9-24-56(58)64-59(65)28-15-29-60(64)66(54-23-13-18-50(43-54)55-26-14-31-62-63(55)57-25-10-12-30-61(57)67-62)53-40-38-46(39-41-53)45-32-34-47(35-33-45)49-37-36-44-16-7-8-17-48(44)42-49/h1-43H. The third-order valence-corrected chi connectivity index (χ3v) is 13.9. The molecule has 0 radical (unpaired) electrons. The lowest BCUT2D eigenvalue weighted by atomic mass is 9.68. The lowest BCUT2D eigenvalue weighted by Gasteiger charge is -2.34. The van der Waals surface area contributed by atoms with Gasteiger partial charge in [-0.05, 0) is 121 Å². The lowest BCUT2D eigenvalue weighted by molar-refractivity contribution is 0.669. The minimum atomic E-state index is -0.529. The van der Waals surface area contributed by atoms with Crippen LogP contribution in [0.2, 0.25) is 0 Å². The predicted molar refractivity (Wildman–Crippen MR) is 280 cm³/mol. The molecule has 1 heterocycles. The topological polar surface area (TPSA) is 16.4 Å². The van der Waals surface area contributed by atoms with Crippen LogP contribution in [-0.2, 0) is 5.41 Å². The van der Waals surface area contributed by atoms with Gasteiger partial charge in [0.1, 0.15) is 11.2 Å². The van der Waals surface area contributed by atoms with Crippen molar-refractivity contribution in [1.29, 1.82) is 0 Å². The molecular weight excluding hydrogens is 811 g/mol. The summed E-state index contributed by atoms with van der Waals surface area (Å²) >= 11 is 0. The van der Waals surface area contributed by atoms with Crippen molar-refractivity contribution in [3.63, 3.8) is 0 Å². The van der Waals surface area contributed by atoms with Gasteiger partial charge in [-0.2, -0.15) is 0 Å². The van der Waals surface area contributed by atoms with E-state index < -0.39 is 5.41 Å². The zero-order chi connectivity index (χ0) is 44.3. The normalized spacial score (nSPS) is 12.6. The maximum Gasteiger partial charge on any atom is 0.136 e. The molecule has 0 spiro atoms. The Balaban J connectivity index is 0.989. The van der Waals surface area contributed by atoms with Gasteiger partial charge >= 0.3 is 0 Å². The van der Waals surface area contributed by atoms with E-state index in [1.807, 2.05) is 6.07 Å². The van der Waals surface area contributed by atoms with Crippen LogP contribution in [-0.4, -0.2) is 0 Å². The summed E-state index contributed by atoms with van der Waals surface area (Å²) in [6.45, 7) is 0. The quantitative estimate of drug-likeness (QED) is 0.151. The molecule has 1 aliphatic carbocycles. The maximum absolute atomic E-state index is 6.39. The number of furan rings is 1. The molecule has 0 N–H and O–H groups in total. The number of hydrogen-bond donors (Lipinski definition) is 0. The number of fused-ring (bicyclic) bond motifs is 7. The van der Waals surface area contributed by atoms with E-state index in [1.165, 1.54) is 60.8 Å². The summed E-state index contributed by atoms with van der Waals surface area (Å²) in [6, 6.07) is 95.1. The van der Waals surface area contributed by atoms with Crippen molar-refractivity contribution in [2.45, 2.75) is 5.41 Å². The van der Waals surface area contributed by atoms with Crippen LogP contribution >= 0.6 is 0 Å². The zero-order valence-electron chi connectivity index (χ0n) is 36.7. The van der Waals surface area contributed by atoms with Crippen molar-refractivity contribution in [3.8, 4) is 44.5 Å². The molecule has 0 amide bonds. The van der Waals surface area contributed by atoms with Gasteiger partial charge in [0.2, 0.25) is 0 Å². The molecule has 11 aromatic carbocycles. The fraction of sp³-hybridized carbons (Fsp3) is 0.0154. The molecule has 0 fully saturated rings. The smallest absolute Gasteiger partial charge is 0.136 e. The van der Waals surface area contributed by atoms with Crippen molar-refractivity contribution in [3.05, 3.63) is 283 Å². The summed E-state index contributed by atoms with van der Waals surface area (Å²) in [6.07, 6.45) is 0. The van der Waals surface area contributed by atoms with Crippen molar-refractivity contribution in [1.82, 2.24) is 0 Å². The minimum Gasteiger partial charge on any atom is -0.456 e. The molecule has 0 unspecified atom stereocenters. The van der Waals surface area contributed by atoms with Gasteiger partial charge in [0, 0.05) is 27.7 Å². The van der Waals surface area contributed by atoms with Crippen molar-refractivity contribution in [2.24, 2.45) is 0 Å². The first kappa shape index (κ1) is 38.7. The monoisotopic (exact) mass is 853 g/mol. The van der Waals surface area contributed by atoms with Gasteiger partial charge in [0.15, 0.2) is 0 Å². The van der Waals surface area contributed by atoms with E-state index in [0.29, 0.717) is 0 Å². The van der Waals surface area contributed by atoms with E-state index in [9.17, 15) is 0 Å². The van der Waals surface area contributed by atoms with Crippen molar-refractivity contribution < 1.29 is 4.42 Å². The van der Waals surface area contributed by atoms with Crippen LogP contribution in [0.3, 0.4) is 0 Å². The highest BCUT2D eigenvalue weighted by Crippen LogP contribution is 2.59. The molecule has 314 valence electrons. The van der Waals surface area contributed by atoms with Crippen molar-refractivity contribution in [2.75, 3.05) is 4.90 Å². The molecule has 0 saturated carbocycles. The van der Waals surface area contributed by atoms with Crippen molar-refractivity contribution >= 4 is 49.8 Å². The van der Waals surface area contributed by atoms with Crippen LogP contribution in [0.25, 0.3) is 77.2 Å². The molecule has 0 saturated heterocycles. The predicted octanol–water partition coefficient (Wildman–Crippen LogP) is 17.6. The number of para-hydroxylation sites is 1. The highest BCUT2D eigenvalue weighted by atomic mass is 16.3. The number of rotatable bonds is 8. The highest BCUT2D eigenvalue weighted by Gasteiger charge is 2.47. The summed E-state index contributed by atoms with van der Waals surface area (Å²) in [5.41, 5.74) is 19.0. The van der Waals surface area contributed by atoms with Crippen LogP contribution in [0.5, 0.6) is 0 Å². The van der Waals surface area contributed by atoms with Crippen LogP contribution in [0.1, 0.15) is 22.3 Å². The molecule has 0 atom stereocenters. The number of benzene rings is 11. The van der Waals surface area contributed by atoms with Gasteiger partial charge in [-0.1, -0.05) is 212 Å². The van der Waals surface area contributed by atoms with Gasteiger partial charge in [-0.25, -0.2) is 0 Å². The van der Waals surface area contributed by atoms with Crippen LogP contribution in [0.4, 0.5) is 17.1 Å². The third-order valence-electron chi connectivity index (χ3n) is 13.9. The first-order chi connectivity index (χ1) is 33.2. The first-order valence-electron chi connectivity index (χ1n) is 23.1. The molecule has 13 rings (SSSR count). The average molecular weight is 854 g/mol. The molecule has 1 aliphatic rings. The van der Waals surface area contributed by atoms with Crippen LogP contribution in [0, 0.1) is 0 Å². The molecule has 0 bridgehead atoms. The summed E-state index contributed by atoms with van der Waals surface area (Å²) < 4.78 is 6.39. The molecule has 67 heavy (non-hydrogen) atoms. The largest absolute Gasteiger partial charge is 0.456 e. The summed E-state index contributed by atoms with van der Waals surface area (Å²) in [4.78, 5) is 2.46. The average Bonchev–Trinajstić information content (AvgIpc) is 3.94. The summed E-state index contributed by atoms with van der Waals surface area (Å²) in [7, 11) is 0. The Labute approximate surface area is 390 Å². The summed E-state index contributed by atoms with van der Waals surface area (Å²) in [5.74, 6) is 0. The van der Waals surface area contributed by atoms with Gasteiger partial charge in [-0.3, -0.25) is 0 Å². The van der Waals surface area contributed by atoms with E-state index in [0.717, 1.165) is 55.7 Å². The number of hydrogen-bond acceptors (Lipinski definition) is 2. The zero-order valence-corrected chi connectivity index (χ0v) is 36.7. The van der Waals surface area contributed by atoms with Gasteiger partial charge in [0.05, 0.1) is 11.1 Å². The van der Waals surface area contributed by atoms with Gasteiger partial charge in [0.25, 0.3) is 0 Å². The molecule has 0 aliphatic heterocycles. The van der Waals surface area contributed by atoms with E-state index in [1.54, 1.807) is 0 Å². The number of nitrogens with zero attached hydrogens (tertiary/aromatic N) is 1. The Morgan fingerprint density at radius 1 is 0.328 bits per heavy atom. The van der Waals surface area contributed by atoms with E-state index >= 15 is 0 Å². The van der Waals surface area contributed by atoms with Gasteiger partial charge < -0.3 is 9.32 Å². The van der Waals surface area contributed by atoms with E-state index in [4.69, 9.17) is 4.42 Å². The SMILES string of the molecule is c1ccc(C2(c3ccccc3)c3ccccc3-c3c(N(c4ccc(-c5ccc(-c6ccc7ccccc7c6)cc5)cc4)c4cccc(-c5cccc6oc7ccccc7c56)c4)cccc32)cc1. The Hall–Kier alpha value is -8.72. The molecular formula is C65H43NO. The second-order valence-electron chi connectivity index (χ2n) is 17.6. The molecule has 1 aromatic heterocycles.